The molecule has 0 bridgehead atoms. The van der Waals surface area contributed by atoms with Gasteiger partial charge in [-0.3, -0.25) is 4.79 Å². The van der Waals surface area contributed by atoms with Crippen LogP contribution in [0, 0.1) is 13.8 Å². The maximum absolute atomic E-state index is 13.4. The number of carbonyl (C=O) groups is 1. The van der Waals surface area contributed by atoms with Gasteiger partial charge in [0.1, 0.15) is 17.7 Å². The van der Waals surface area contributed by atoms with E-state index in [0.29, 0.717) is 28.7 Å². The van der Waals surface area contributed by atoms with Crippen molar-refractivity contribution in [2.24, 2.45) is 5.14 Å². The Morgan fingerprint density at radius 3 is 2.31 bits per heavy atom. The van der Waals surface area contributed by atoms with Crippen LogP contribution in [0.4, 0.5) is 17.2 Å². The Morgan fingerprint density at radius 2 is 1.63 bits per heavy atom. The Morgan fingerprint density at radius 1 is 0.914 bits per heavy atom. The smallest absolute Gasteiger partial charge is 0.252 e. The molecule has 1 amide bonds. The second-order valence-corrected chi connectivity index (χ2v) is 9.98. The van der Waals surface area contributed by atoms with Crippen molar-refractivity contribution >= 4 is 33.1 Å². The molecule has 1 unspecified atom stereocenters. The van der Waals surface area contributed by atoms with Crippen LogP contribution in [0.2, 0.25) is 0 Å². The number of amides is 1. The van der Waals surface area contributed by atoms with Gasteiger partial charge in [0.15, 0.2) is 0 Å². The molecular weight excluding hydrogens is 462 g/mol. The normalized spacial score (nSPS) is 15.5. The lowest BCUT2D eigenvalue weighted by Crippen LogP contribution is -2.39. The second kappa shape index (κ2) is 8.61. The molecule has 4 aromatic rings. The van der Waals surface area contributed by atoms with E-state index in [4.69, 9.17) is 5.14 Å². The van der Waals surface area contributed by atoms with E-state index in [-0.39, 0.29) is 10.8 Å². The first-order chi connectivity index (χ1) is 16.7. The lowest BCUT2D eigenvalue weighted by atomic mass is 9.99. The summed E-state index contributed by atoms with van der Waals surface area (Å²) in [5.41, 5.74) is 4.47. The SMILES string of the molecule is Cc1ccc(-c2cc(N3c4ccc(S(N)(=O)=O)cc4NC(=O)C3c3ccccc3)nc(C)n2)cc1. The number of aryl methyl sites for hydroxylation is 2. The minimum Gasteiger partial charge on any atom is -0.322 e. The fourth-order valence-electron chi connectivity index (χ4n) is 4.20. The molecule has 5 rings (SSSR count). The first-order valence-corrected chi connectivity index (χ1v) is 12.5. The molecule has 0 saturated carbocycles. The van der Waals surface area contributed by atoms with Gasteiger partial charge in [0.25, 0.3) is 5.91 Å². The summed E-state index contributed by atoms with van der Waals surface area (Å²) in [6.07, 6.45) is 0. The zero-order chi connectivity index (χ0) is 24.7. The predicted molar refractivity (Wildman–Crippen MR) is 135 cm³/mol. The van der Waals surface area contributed by atoms with E-state index in [1.54, 1.807) is 13.0 Å². The number of anilines is 3. The second-order valence-electron chi connectivity index (χ2n) is 8.42. The van der Waals surface area contributed by atoms with Crippen LogP contribution >= 0.6 is 0 Å². The summed E-state index contributed by atoms with van der Waals surface area (Å²) in [6, 6.07) is 22.9. The van der Waals surface area contributed by atoms with Crippen LogP contribution in [0.3, 0.4) is 0 Å². The highest BCUT2D eigenvalue weighted by Gasteiger charge is 2.36. The average Bonchev–Trinajstić information content (AvgIpc) is 2.83. The number of nitrogens with one attached hydrogen (secondary N) is 1. The number of carbonyl (C=O) groups excluding carboxylic acids is 1. The standard InChI is InChI=1S/C26H23N5O3S/c1-16-8-10-18(11-9-16)21-15-24(29-17(2)28-21)31-23-13-12-20(35(27,33)34)14-22(23)30-26(32)25(31)19-6-4-3-5-7-19/h3-15,25H,1-2H3,(H,30,32)(H2,27,33,34). The van der Waals surface area contributed by atoms with Gasteiger partial charge in [0.05, 0.1) is 22.0 Å². The number of rotatable bonds is 4. The Balaban J connectivity index is 1.73. The molecule has 0 aliphatic carbocycles. The lowest BCUT2D eigenvalue weighted by Gasteiger charge is -2.37. The summed E-state index contributed by atoms with van der Waals surface area (Å²) in [6.45, 7) is 3.82. The van der Waals surface area contributed by atoms with Gasteiger partial charge in [-0.1, -0.05) is 60.2 Å². The average molecular weight is 486 g/mol. The molecule has 1 aromatic heterocycles. The summed E-state index contributed by atoms with van der Waals surface area (Å²) in [7, 11) is -3.95. The molecule has 9 heteroatoms. The fraction of sp³-hybridized carbons (Fsp3) is 0.115. The van der Waals surface area contributed by atoms with Gasteiger partial charge >= 0.3 is 0 Å². The molecule has 0 saturated heterocycles. The van der Waals surface area contributed by atoms with Crippen molar-refractivity contribution < 1.29 is 13.2 Å². The van der Waals surface area contributed by atoms with E-state index < -0.39 is 16.1 Å². The Bertz CT molecular complexity index is 1540. The molecular formula is C26H23N5O3S. The summed E-state index contributed by atoms with van der Waals surface area (Å²) in [4.78, 5) is 24.4. The van der Waals surface area contributed by atoms with E-state index in [1.807, 2.05) is 72.5 Å². The number of hydrogen-bond donors (Lipinski definition) is 2. The summed E-state index contributed by atoms with van der Waals surface area (Å²) < 4.78 is 23.9. The van der Waals surface area contributed by atoms with Crippen LogP contribution in [0.1, 0.15) is 23.0 Å². The molecule has 0 fully saturated rings. The number of sulfonamides is 1. The zero-order valence-corrected chi connectivity index (χ0v) is 20.0. The van der Waals surface area contributed by atoms with Crippen molar-refractivity contribution in [2.45, 2.75) is 24.8 Å². The van der Waals surface area contributed by atoms with Crippen molar-refractivity contribution in [1.82, 2.24) is 9.97 Å². The van der Waals surface area contributed by atoms with Gasteiger partial charge in [0.2, 0.25) is 10.0 Å². The highest BCUT2D eigenvalue weighted by atomic mass is 32.2. The predicted octanol–water partition coefficient (Wildman–Crippen LogP) is 4.24. The molecule has 0 radical (unpaired) electrons. The molecule has 35 heavy (non-hydrogen) atoms. The number of fused-ring (bicyclic) bond motifs is 1. The van der Waals surface area contributed by atoms with Gasteiger partial charge in [0, 0.05) is 11.6 Å². The topological polar surface area (TPSA) is 118 Å². The van der Waals surface area contributed by atoms with E-state index in [2.05, 4.69) is 15.3 Å². The molecule has 2 heterocycles. The number of aromatic nitrogens is 2. The van der Waals surface area contributed by atoms with Crippen molar-refractivity contribution in [3.8, 4) is 11.3 Å². The Kier molecular flexibility index (Phi) is 5.58. The van der Waals surface area contributed by atoms with Crippen molar-refractivity contribution in [3.63, 3.8) is 0 Å². The van der Waals surface area contributed by atoms with Crippen LogP contribution in [0.15, 0.2) is 83.8 Å². The zero-order valence-electron chi connectivity index (χ0n) is 19.1. The van der Waals surface area contributed by atoms with Crippen LogP contribution in [0.5, 0.6) is 0 Å². The molecule has 1 atom stereocenters. The molecule has 1 aliphatic rings. The number of benzene rings is 3. The molecule has 8 nitrogen and oxygen atoms in total. The quantitative estimate of drug-likeness (QED) is 0.446. The molecule has 176 valence electrons. The summed E-state index contributed by atoms with van der Waals surface area (Å²) >= 11 is 0. The third-order valence-electron chi connectivity index (χ3n) is 5.85. The molecule has 3 aromatic carbocycles. The summed E-state index contributed by atoms with van der Waals surface area (Å²) in [5.74, 6) is 0.739. The maximum Gasteiger partial charge on any atom is 0.252 e. The number of nitrogens with two attached hydrogens (primary N) is 1. The Labute approximate surface area is 203 Å². The first kappa shape index (κ1) is 22.7. The minimum absolute atomic E-state index is 0.0890. The van der Waals surface area contributed by atoms with Crippen molar-refractivity contribution in [3.05, 3.63) is 95.8 Å². The third kappa shape index (κ3) is 4.39. The third-order valence-corrected chi connectivity index (χ3v) is 6.77. The van der Waals surface area contributed by atoms with Crippen molar-refractivity contribution in [2.75, 3.05) is 10.2 Å². The van der Waals surface area contributed by atoms with Crippen LogP contribution in [0.25, 0.3) is 11.3 Å². The lowest BCUT2D eigenvalue weighted by molar-refractivity contribution is -0.117. The van der Waals surface area contributed by atoms with Crippen LogP contribution in [-0.2, 0) is 14.8 Å². The van der Waals surface area contributed by atoms with E-state index >= 15 is 0 Å². The van der Waals surface area contributed by atoms with Gasteiger partial charge in [-0.25, -0.2) is 23.5 Å². The van der Waals surface area contributed by atoms with Gasteiger partial charge in [-0.2, -0.15) is 0 Å². The highest BCUT2D eigenvalue weighted by Crippen LogP contribution is 2.44. The molecule has 0 spiro atoms. The first-order valence-electron chi connectivity index (χ1n) is 11.0. The largest absolute Gasteiger partial charge is 0.322 e. The number of hydrogen-bond acceptors (Lipinski definition) is 6. The summed E-state index contributed by atoms with van der Waals surface area (Å²) in [5, 5.41) is 8.17. The van der Waals surface area contributed by atoms with Gasteiger partial charge in [-0.15, -0.1) is 0 Å². The van der Waals surface area contributed by atoms with Gasteiger partial charge < -0.3 is 10.2 Å². The number of nitrogens with zero attached hydrogens (tertiary/aromatic N) is 3. The van der Waals surface area contributed by atoms with Crippen LogP contribution < -0.4 is 15.4 Å². The minimum atomic E-state index is -3.95. The molecule has 1 aliphatic heterocycles. The number of primary sulfonamides is 1. The monoisotopic (exact) mass is 485 g/mol. The Hall–Kier alpha value is -4.08. The van der Waals surface area contributed by atoms with E-state index in [9.17, 15) is 13.2 Å². The highest BCUT2D eigenvalue weighted by molar-refractivity contribution is 7.89. The van der Waals surface area contributed by atoms with Gasteiger partial charge in [-0.05, 0) is 37.6 Å². The molecule has 3 N–H and O–H groups in total. The van der Waals surface area contributed by atoms with Crippen molar-refractivity contribution in [1.29, 1.82) is 0 Å². The maximum atomic E-state index is 13.4. The fourth-order valence-corrected chi connectivity index (χ4v) is 4.74. The van der Waals surface area contributed by atoms with E-state index in [1.165, 1.54) is 12.1 Å². The van der Waals surface area contributed by atoms with E-state index in [0.717, 1.165) is 16.7 Å². The van der Waals surface area contributed by atoms with Crippen LogP contribution in [-0.4, -0.2) is 24.3 Å².